The molecule has 4 atom stereocenters. The first-order chi connectivity index (χ1) is 22.7. The van der Waals surface area contributed by atoms with Crippen LogP contribution in [-0.4, -0.2) is 46.8 Å². The molecular formula is C37H38N2O8. The van der Waals surface area contributed by atoms with Crippen LogP contribution in [0.5, 0.6) is 28.7 Å². The van der Waals surface area contributed by atoms with Crippen LogP contribution in [0.2, 0.25) is 0 Å². The Labute approximate surface area is 272 Å². The molecule has 0 amide bonds. The number of phenols is 2. The van der Waals surface area contributed by atoms with Gasteiger partial charge in [0, 0.05) is 41.3 Å². The molecule has 2 aliphatic carbocycles. The Morgan fingerprint density at radius 2 is 1.96 bits per heavy atom. The number of nitrogens with two attached hydrogens (primary N) is 1. The first-order valence-corrected chi connectivity index (χ1v) is 15.8. The molecule has 4 aromatic rings. The lowest BCUT2D eigenvalue weighted by Crippen LogP contribution is -2.31. The molecule has 5 N–H and O–H groups in total. The Morgan fingerprint density at radius 3 is 2.70 bits per heavy atom. The van der Waals surface area contributed by atoms with Crippen LogP contribution in [0.3, 0.4) is 0 Å². The number of aliphatic hydroxyl groups excluding tert-OH is 1. The maximum absolute atomic E-state index is 12.0. The second-order valence-corrected chi connectivity index (χ2v) is 12.9. The van der Waals surface area contributed by atoms with Gasteiger partial charge in [-0.2, -0.15) is 0 Å². The largest absolute Gasteiger partial charge is 0.508 e. The van der Waals surface area contributed by atoms with Crippen molar-refractivity contribution < 1.29 is 39.1 Å². The Balaban J connectivity index is 1.38. The monoisotopic (exact) mass is 638 g/mol. The maximum Gasteiger partial charge on any atom is 0.302 e. The van der Waals surface area contributed by atoms with Gasteiger partial charge in [0.25, 0.3) is 0 Å². The number of hydrogen-bond donors (Lipinski definition) is 4. The number of nitrogens with zero attached hydrogens (tertiary/aromatic N) is 1. The van der Waals surface area contributed by atoms with Gasteiger partial charge in [-0.05, 0) is 84.5 Å². The minimum Gasteiger partial charge on any atom is -0.508 e. The minimum atomic E-state index is -0.537. The average molecular weight is 639 g/mol. The third-order valence-corrected chi connectivity index (χ3v) is 10.00. The summed E-state index contributed by atoms with van der Waals surface area (Å²) in [5.41, 5.74) is 12.1. The number of anilines is 1. The van der Waals surface area contributed by atoms with Crippen molar-refractivity contribution in [3.63, 3.8) is 0 Å². The van der Waals surface area contributed by atoms with Gasteiger partial charge < -0.3 is 40.0 Å². The fourth-order valence-electron chi connectivity index (χ4n) is 8.11. The van der Waals surface area contributed by atoms with Crippen molar-refractivity contribution in [1.29, 1.82) is 0 Å². The van der Waals surface area contributed by atoms with Gasteiger partial charge in [-0.3, -0.25) is 4.79 Å². The van der Waals surface area contributed by atoms with Crippen molar-refractivity contribution in [2.75, 3.05) is 26.2 Å². The second kappa shape index (κ2) is 12.0. The number of hydrogen-bond acceptors (Lipinski definition) is 10. The Morgan fingerprint density at radius 1 is 1.11 bits per heavy atom. The number of benzene rings is 3. The summed E-state index contributed by atoms with van der Waals surface area (Å²) in [7, 11) is 1.50. The van der Waals surface area contributed by atoms with Crippen molar-refractivity contribution in [2.24, 2.45) is 5.92 Å². The number of esters is 1. The van der Waals surface area contributed by atoms with E-state index in [0.29, 0.717) is 29.7 Å². The fourth-order valence-corrected chi connectivity index (χ4v) is 8.11. The van der Waals surface area contributed by atoms with Gasteiger partial charge in [0.15, 0.2) is 18.3 Å². The van der Waals surface area contributed by atoms with E-state index < -0.39 is 12.9 Å². The number of carbonyl (C=O) groups is 1. The normalized spacial score (nSPS) is 22.2. The predicted molar refractivity (Wildman–Crippen MR) is 174 cm³/mol. The van der Waals surface area contributed by atoms with E-state index in [9.17, 15) is 20.1 Å². The van der Waals surface area contributed by atoms with E-state index >= 15 is 0 Å². The molecule has 1 aromatic heterocycles. The Hall–Kier alpha value is -4.96. The van der Waals surface area contributed by atoms with Gasteiger partial charge in [0.2, 0.25) is 0 Å². The SMILES string of the molecule is COc1cc([C@H]2Oc3c(ccc4c3[C@@]3(CC[C@@H](Cc5ccc(N)nc5)C3)Cc3cc(O)cc(OCO)c3-4)[C@@H]2COC(C)=O)ccc1O. The molecule has 3 aromatic carbocycles. The fraction of sp³-hybridized carbons (Fsp3) is 0.351. The molecule has 47 heavy (non-hydrogen) atoms. The van der Waals surface area contributed by atoms with E-state index in [-0.39, 0.29) is 35.4 Å². The van der Waals surface area contributed by atoms with E-state index in [1.54, 1.807) is 24.3 Å². The standard InChI is InChI=1S/C37H38N2O8/c1-20(41)45-18-28-26-5-6-27-33-24(12-25(42)14-31(33)46-19-40)16-37(10-9-21(15-37)11-22-3-8-32(38)39-17-22)34(27)36(26)47-35(28)23-4-7-29(43)30(13-23)44-2/h3-8,12-14,17,21,28,35,40,42-43H,9-11,15-16,18-19H2,1-2H3,(H2,38,39)/t21-,28-,35+,37+/m0/s1. The average Bonchev–Trinajstić information content (AvgIpc) is 3.62. The van der Waals surface area contributed by atoms with Crippen LogP contribution in [0, 0.1) is 5.92 Å². The summed E-state index contributed by atoms with van der Waals surface area (Å²) in [5.74, 6) is 1.72. The van der Waals surface area contributed by atoms with Crippen molar-refractivity contribution >= 4 is 11.8 Å². The van der Waals surface area contributed by atoms with Crippen molar-refractivity contribution in [3.8, 4) is 39.9 Å². The molecule has 0 saturated heterocycles. The van der Waals surface area contributed by atoms with E-state index in [1.807, 2.05) is 24.4 Å². The molecule has 1 spiro atoms. The molecule has 1 aliphatic heterocycles. The number of rotatable bonds is 8. The quantitative estimate of drug-likeness (QED) is 0.140. The number of aliphatic hydroxyl groups is 1. The minimum absolute atomic E-state index is 0.0178. The molecule has 0 radical (unpaired) electrons. The van der Waals surface area contributed by atoms with Crippen LogP contribution >= 0.6 is 0 Å². The van der Waals surface area contributed by atoms with Gasteiger partial charge >= 0.3 is 5.97 Å². The molecule has 10 heteroatoms. The number of methoxy groups -OCH3 is 1. The highest BCUT2D eigenvalue weighted by Crippen LogP contribution is 2.62. The smallest absolute Gasteiger partial charge is 0.302 e. The molecule has 1 saturated carbocycles. The first-order valence-electron chi connectivity index (χ1n) is 15.8. The zero-order valence-corrected chi connectivity index (χ0v) is 26.4. The summed E-state index contributed by atoms with van der Waals surface area (Å²) in [6, 6.07) is 16.4. The number of carbonyl (C=O) groups excluding carboxylic acids is 1. The van der Waals surface area contributed by atoms with Gasteiger partial charge in [-0.1, -0.05) is 24.3 Å². The molecule has 1 fully saturated rings. The van der Waals surface area contributed by atoms with E-state index in [4.69, 9.17) is 24.7 Å². The number of phenolic OH excluding ortho intramolecular Hbond substituents is 2. The highest BCUT2D eigenvalue weighted by Gasteiger charge is 2.50. The molecule has 2 heterocycles. The lowest BCUT2D eigenvalue weighted by molar-refractivity contribution is -0.141. The van der Waals surface area contributed by atoms with Crippen LogP contribution < -0.4 is 19.9 Å². The van der Waals surface area contributed by atoms with Crippen LogP contribution in [0.25, 0.3) is 11.1 Å². The van der Waals surface area contributed by atoms with E-state index in [0.717, 1.165) is 70.4 Å². The number of nitrogen functional groups attached to an aromatic ring is 1. The molecule has 0 unspecified atom stereocenters. The Bertz CT molecular complexity index is 1840. The van der Waals surface area contributed by atoms with Crippen LogP contribution in [0.4, 0.5) is 5.82 Å². The van der Waals surface area contributed by atoms with Crippen molar-refractivity contribution in [1.82, 2.24) is 4.98 Å². The topological polar surface area (TPSA) is 154 Å². The summed E-state index contributed by atoms with van der Waals surface area (Å²) in [6.45, 7) is 0.963. The number of aromatic nitrogens is 1. The first kappa shape index (κ1) is 30.7. The molecule has 10 nitrogen and oxygen atoms in total. The zero-order chi connectivity index (χ0) is 32.9. The van der Waals surface area contributed by atoms with Crippen LogP contribution in [0.15, 0.2) is 60.8 Å². The summed E-state index contributed by atoms with van der Waals surface area (Å²) >= 11 is 0. The van der Waals surface area contributed by atoms with Crippen LogP contribution in [-0.2, 0) is 27.8 Å². The summed E-state index contributed by atoms with van der Waals surface area (Å²) in [4.78, 5) is 16.3. The van der Waals surface area contributed by atoms with Gasteiger partial charge in [0.1, 0.15) is 35.8 Å². The maximum atomic E-state index is 12.0. The van der Waals surface area contributed by atoms with Crippen molar-refractivity contribution in [3.05, 3.63) is 88.6 Å². The zero-order valence-electron chi connectivity index (χ0n) is 26.4. The third kappa shape index (κ3) is 5.46. The second-order valence-electron chi connectivity index (χ2n) is 12.9. The number of aromatic hydroxyl groups is 2. The summed E-state index contributed by atoms with van der Waals surface area (Å²) in [6.07, 6.45) is 5.58. The van der Waals surface area contributed by atoms with Gasteiger partial charge in [-0.25, -0.2) is 4.98 Å². The predicted octanol–water partition coefficient (Wildman–Crippen LogP) is 5.70. The Kier molecular flexibility index (Phi) is 7.83. The molecule has 3 aliphatic rings. The number of fused-ring (bicyclic) bond motifs is 6. The lowest BCUT2D eigenvalue weighted by Gasteiger charge is -2.39. The summed E-state index contributed by atoms with van der Waals surface area (Å²) < 4.78 is 23.7. The number of ether oxygens (including phenoxy) is 4. The molecular weight excluding hydrogens is 600 g/mol. The van der Waals surface area contributed by atoms with E-state index in [1.165, 1.54) is 20.1 Å². The van der Waals surface area contributed by atoms with Gasteiger partial charge in [-0.15, -0.1) is 0 Å². The summed E-state index contributed by atoms with van der Waals surface area (Å²) in [5, 5.41) is 30.8. The lowest BCUT2D eigenvalue weighted by atomic mass is 9.65. The number of pyridine rings is 1. The third-order valence-electron chi connectivity index (χ3n) is 10.00. The van der Waals surface area contributed by atoms with Crippen LogP contribution in [0.1, 0.15) is 66.0 Å². The van der Waals surface area contributed by atoms with Gasteiger partial charge in [0.05, 0.1) is 13.0 Å². The molecule has 244 valence electrons. The van der Waals surface area contributed by atoms with Crippen molar-refractivity contribution in [2.45, 2.75) is 56.5 Å². The highest BCUT2D eigenvalue weighted by molar-refractivity contribution is 5.84. The molecule has 7 rings (SSSR count). The molecule has 0 bridgehead atoms. The highest BCUT2D eigenvalue weighted by atomic mass is 16.6. The van der Waals surface area contributed by atoms with E-state index in [2.05, 4.69) is 11.1 Å².